The van der Waals surface area contributed by atoms with Crippen molar-refractivity contribution in [2.24, 2.45) is 0 Å². The van der Waals surface area contributed by atoms with Crippen molar-refractivity contribution in [2.75, 3.05) is 13.1 Å². The van der Waals surface area contributed by atoms with Crippen molar-refractivity contribution in [3.05, 3.63) is 83.3 Å². The first-order valence-corrected chi connectivity index (χ1v) is 10.8. The Morgan fingerprint density at radius 1 is 1.09 bits per heavy atom. The Hall–Kier alpha value is -3.61. The normalized spacial score (nSPS) is 16.5. The molecule has 0 spiro atoms. The number of carbonyl (C=O) groups is 1. The van der Waals surface area contributed by atoms with Crippen molar-refractivity contribution in [3.63, 3.8) is 0 Å². The van der Waals surface area contributed by atoms with Crippen molar-refractivity contribution in [1.29, 1.82) is 0 Å². The molecule has 32 heavy (non-hydrogen) atoms. The summed E-state index contributed by atoms with van der Waals surface area (Å²) in [4.78, 5) is 24.4. The Bertz CT molecular complexity index is 1300. The van der Waals surface area contributed by atoms with Crippen molar-refractivity contribution in [3.8, 4) is 11.1 Å². The number of benzene rings is 1. The van der Waals surface area contributed by atoms with Gasteiger partial charge in [0.25, 0.3) is 5.91 Å². The molecule has 5 rings (SSSR count). The molecule has 4 heterocycles. The van der Waals surface area contributed by atoms with Crippen molar-refractivity contribution >= 4 is 11.6 Å². The number of aromatic nitrogens is 4. The number of rotatable bonds is 3. The molecule has 0 unspecified atom stereocenters. The van der Waals surface area contributed by atoms with Crippen LogP contribution in [0.1, 0.15) is 46.1 Å². The van der Waals surface area contributed by atoms with Gasteiger partial charge in [-0.3, -0.25) is 9.78 Å². The van der Waals surface area contributed by atoms with Gasteiger partial charge in [-0.2, -0.15) is 5.10 Å². The summed E-state index contributed by atoms with van der Waals surface area (Å²) in [6.07, 6.45) is 7.09. The van der Waals surface area contributed by atoms with E-state index in [4.69, 9.17) is 4.98 Å². The van der Waals surface area contributed by atoms with Gasteiger partial charge in [0.2, 0.25) is 0 Å². The number of hydrogen-bond donors (Lipinski definition) is 0. The van der Waals surface area contributed by atoms with Gasteiger partial charge in [0, 0.05) is 42.8 Å². The molecular weight excluding hydrogens is 405 g/mol. The quantitative estimate of drug-likeness (QED) is 0.479. The van der Waals surface area contributed by atoms with Crippen LogP contribution in [0.3, 0.4) is 0 Å². The molecule has 1 amide bonds. The Balaban J connectivity index is 1.41. The maximum atomic E-state index is 13.3. The van der Waals surface area contributed by atoms with Crippen LogP contribution in [0, 0.1) is 19.7 Å². The number of likely N-dealkylation sites (tertiary alicyclic amines) is 1. The molecule has 1 saturated heterocycles. The lowest BCUT2D eigenvalue weighted by Crippen LogP contribution is -2.39. The highest BCUT2D eigenvalue weighted by atomic mass is 19.1. The summed E-state index contributed by atoms with van der Waals surface area (Å²) in [5.74, 6) is -0.158. The molecule has 0 N–H and O–H groups in total. The second kappa shape index (κ2) is 8.15. The van der Waals surface area contributed by atoms with Crippen LogP contribution in [0.15, 0.2) is 55.0 Å². The lowest BCUT2D eigenvalue weighted by atomic mass is 9.92. The molecule has 0 radical (unpaired) electrons. The fourth-order valence-corrected chi connectivity index (χ4v) is 4.40. The standard InChI is InChI=1S/C25H24FN5O/c1-16-12-27-24-22(13-28-31(24)14-16)25(32)30-9-3-4-19(15-30)23-11-20(10-17(2)29-23)18-5-7-21(26)8-6-18/h5-8,10-14,19H,3-4,9,15H2,1-2H3/t19-/m0/s1. The molecule has 0 aliphatic carbocycles. The predicted octanol–water partition coefficient (Wildman–Crippen LogP) is 4.57. The highest BCUT2D eigenvalue weighted by molar-refractivity contribution is 5.99. The van der Waals surface area contributed by atoms with Gasteiger partial charge in [-0.15, -0.1) is 0 Å². The topological polar surface area (TPSA) is 63.4 Å². The summed E-state index contributed by atoms with van der Waals surface area (Å²) >= 11 is 0. The summed E-state index contributed by atoms with van der Waals surface area (Å²) in [6, 6.07) is 10.6. The summed E-state index contributed by atoms with van der Waals surface area (Å²) in [6.45, 7) is 5.21. The summed E-state index contributed by atoms with van der Waals surface area (Å²) in [5.41, 5.74) is 5.93. The van der Waals surface area contributed by atoms with E-state index in [1.165, 1.54) is 12.1 Å². The molecule has 6 nitrogen and oxygen atoms in total. The Labute approximate surface area is 185 Å². The summed E-state index contributed by atoms with van der Waals surface area (Å²) in [7, 11) is 0. The van der Waals surface area contributed by atoms with Gasteiger partial charge in [-0.1, -0.05) is 12.1 Å². The van der Waals surface area contributed by atoms with E-state index in [1.807, 2.05) is 31.0 Å². The molecule has 162 valence electrons. The van der Waals surface area contributed by atoms with Gasteiger partial charge < -0.3 is 4.90 Å². The number of nitrogens with zero attached hydrogens (tertiary/aromatic N) is 5. The average molecular weight is 429 g/mol. The van der Waals surface area contributed by atoms with E-state index in [0.29, 0.717) is 24.3 Å². The lowest BCUT2D eigenvalue weighted by molar-refractivity contribution is 0.0707. The number of amides is 1. The van der Waals surface area contributed by atoms with Crippen LogP contribution in [0.4, 0.5) is 4.39 Å². The molecule has 0 bridgehead atoms. The number of pyridine rings is 1. The van der Waals surface area contributed by atoms with Gasteiger partial charge in [-0.05, 0) is 67.6 Å². The molecular formula is C25H24FN5O. The first-order chi connectivity index (χ1) is 15.5. The highest BCUT2D eigenvalue weighted by Crippen LogP contribution is 2.30. The molecule has 3 aromatic heterocycles. The molecule has 4 aromatic rings. The van der Waals surface area contributed by atoms with Crippen molar-refractivity contribution in [1.82, 2.24) is 24.5 Å². The zero-order valence-corrected chi connectivity index (χ0v) is 18.1. The zero-order valence-electron chi connectivity index (χ0n) is 18.1. The minimum absolute atomic E-state index is 0.0486. The van der Waals surface area contributed by atoms with Crippen molar-refractivity contribution in [2.45, 2.75) is 32.6 Å². The molecule has 1 aromatic carbocycles. The number of hydrogen-bond acceptors (Lipinski definition) is 4. The predicted molar refractivity (Wildman–Crippen MR) is 120 cm³/mol. The van der Waals surface area contributed by atoms with Crippen LogP contribution in [0.5, 0.6) is 0 Å². The summed E-state index contributed by atoms with van der Waals surface area (Å²) < 4.78 is 15.0. The third kappa shape index (κ3) is 3.86. The van der Waals surface area contributed by atoms with Crippen LogP contribution in [0.2, 0.25) is 0 Å². The van der Waals surface area contributed by atoms with Gasteiger partial charge >= 0.3 is 0 Å². The number of halogens is 1. The van der Waals surface area contributed by atoms with E-state index in [-0.39, 0.29) is 17.6 Å². The Morgan fingerprint density at radius 3 is 2.72 bits per heavy atom. The number of aryl methyl sites for hydroxylation is 2. The van der Waals surface area contributed by atoms with Crippen molar-refractivity contribution < 1.29 is 9.18 Å². The third-order valence-electron chi connectivity index (χ3n) is 5.99. The third-order valence-corrected chi connectivity index (χ3v) is 5.99. The van der Waals surface area contributed by atoms with Crippen LogP contribution in [-0.2, 0) is 0 Å². The fourth-order valence-electron chi connectivity index (χ4n) is 4.40. The number of piperidine rings is 1. The Kier molecular flexibility index (Phi) is 5.17. The molecule has 1 aliphatic rings. The van der Waals surface area contributed by atoms with Gasteiger partial charge in [-0.25, -0.2) is 13.9 Å². The number of carbonyl (C=O) groups excluding carboxylic acids is 1. The zero-order chi connectivity index (χ0) is 22.2. The molecule has 1 atom stereocenters. The Morgan fingerprint density at radius 2 is 1.91 bits per heavy atom. The van der Waals surface area contributed by atoms with Gasteiger partial charge in [0.1, 0.15) is 11.4 Å². The van der Waals surface area contributed by atoms with E-state index in [2.05, 4.69) is 16.1 Å². The first-order valence-electron chi connectivity index (χ1n) is 10.8. The molecule has 7 heteroatoms. The van der Waals surface area contributed by atoms with Crippen LogP contribution < -0.4 is 0 Å². The first kappa shape index (κ1) is 20.3. The lowest BCUT2D eigenvalue weighted by Gasteiger charge is -2.32. The SMILES string of the molecule is Cc1cnc2c(C(=O)N3CCC[C@H](c4cc(-c5ccc(F)cc5)cc(C)n4)C3)cnn2c1. The molecule has 1 fully saturated rings. The van der Waals surface area contributed by atoms with Crippen LogP contribution in [0.25, 0.3) is 16.8 Å². The number of fused-ring (bicyclic) bond motifs is 1. The molecule has 0 saturated carbocycles. The largest absolute Gasteiger partial charge is 0.338 e. The van der Waals surface area contributed by atoms with E-state index < -0.39 is 0 Å². The van der Waals surface area contributed by atoms with E-state index in [1.54, 1.807) is 29.0 Å². The minimum Gasteiger partial charge on any atom is -0.338 e. The second-order valence-electron chi connectivity index (χ2n) is 8.48. The van der Waals surface area contributed by atoms with E-state index in [0.717, 1.165) is 40.9 Å². The summed E-state index contributed by atoms with van der Waals surface area (Å²) in [5, 5.41) is 4.30. The van der Waals surface area contributed by atoms with Gasteiger partial charge in [0.15, 0.2) is 5.65 Å². The van der Waals surface area contributed by atoms with E-state index >= 15 is 0 Å². The van der Waals surface area contributed by atoms with Gasteiger partial charge in [0.05, 0.1) is 6.20 Å². The van der Waals surface area contributed by atoms with Crippen LogP contribution in [-0.4, -0.2) is 43.5 Å². The molecule has 1 aliphatic heterocycles. The maximum Gasteiger partial charge on any atom is 0.259 e. The fraction of sp³-hybridized carbons (Fsp3) is 0.280. The highest BCUT2D eigenvalue weighted by Gasteiger charge is 2.28. The monoisotopic (exact) mass is 429 g/mol. The minimum atomic E-state index is -0.251. The average Bonchev–Trinajstić information content (AvgIpc) is 3.21. The second-order valence-corrected chi connectivity index (χ2v) is 8.48. The van der Waals surface area contributed by atoms with Crippen LogP contribution >= 0.6 is 0 Å². The smallest absolute Gasteiger partial charge is 0.259 e. The van der Waals surface area contributed by atoms with E-state index in [9.17, 15) is 9.18 Å². The maximum absolute atomic E-state index is 13.3.